The van der Waals surface area contributed by atoms with E-state index in [2.05, 4.69) is 15.6 Å². The van der Waals surface area contributed by atoms with E-state index in [1.165, 1.54) is 0 Å². The summed E-state index contributed by atoms with van der Waals surface area (Å²) < 4.78 is 7.37. The topological polar surface area (TPSA) is 109 Å². The average Bonchev–Trinajstić information content (AvgIpc) is 3.65. The molecule has 4 aromatic rings. The Morgan fingerprint density at radius 3 is 2.60 bits per heavy atom. The molecular formula is C34H41N5O4. The summed E-state index contributed by atoms with van der Waals surface area (Å²) in [6.45, 7) is 7.64. The predicted molar refractivity (Wildman–Crippen MR) is 168 cm³/mol. The Morgan fingerprint density at radius 2 is 1.91 bits per heavy atom. The van der Waals surface area contributed by atoms with Crippen molar-refractivity contribution in [2.24, 2.45) is 0 Å². The standard InChI is InChI=1S/C34H41N5O4/c1-5-38-22-35-32-28(38)18-24(19-29(32)39-16-10-15-31(39)41)33(42)37-27(17-23-11-7-6-8-12-23)30(40)21-36-34(2,3)25-13-9-14-26(20-25)43-4/h6-9,11-14,18-20,22,27,30,36,40H,5,10,15-17,21H2,1-4H3,(H,37,42)/t27-,30-/m0/s1. The molecule has 43 heavy (non-hydrogen) atoms. The largest absolute Gasteiger partial charge is 0.497 e. The maximum Gasteiger partial charge on any atom is 0.251 e. The fraction of sp³-hybridized carbons (Fsp3) is 0.382. The molecule has 1 aliphatic heterocycles. The van der Waals surface area contributed by atoms with Gasteiger partial charge in [-0.15, -0.1) is 0 Å². The van der Waals surface area contributed by atoms with E-state index in [1.54, 1.807) is 24.4 Å². The normalized spacial score (nSPS) is 15.1. The van der Waals surface area contributed by atoms with Gasteiger partial charge in [-0.1, -0.05) is 42.5 Å². The van der Waals surface area contributed by atoms with Gasteiger partial charge in [0.1, 0.15) is 11.3 Å². The summed E-state index contributed by atoms with van der Waals surface area (Å²) in [4.78, 5) is 32.9. The van der Waals surface area contributed by atoms with E-state index >= 15 is 0 Å². The van der Waals surface area contributed by atoms with Crippen molar-refractivity contribution in [2.45, 2.75) is 64.3 Å². The number of ether oxygens (including phenoxy) is 1. The maximum atomic E-state index is 13.9. The molecule has 0 spiro atoms. The molecule has 226 valence electrons. The molecule has 2 atom stereocenters. The third kappa shape index (κ3) is 6.73. The number of hydrogen-bond donors (Lipinski definition) is 3. The molecule has 0 unspecified atom stereocenters. The smallest absolute Gasteiger partial charge is 0.251 e. The van der Waals surface area contributed by atoms with Gasteiger partial charge in [0.25, 0.3) is 5.91 Å². The molecule has 3 N–H and O–H groups in total. The first-order valence-corrected chi connectivity index (χ1v) is 14.9. The minimum atomic E-state index is -0.890. The van der Waals surface area contributed by atoms with Gasteiger partial charge >= 0.3 is 0 Å². The zero-order chi connectivity index (χ0) is 30.6. The predicted octanol–water partition coefficient (Wildman–Crippen LogP) is 4.42. The molecule has 2 amide bonds. The number of aliphatic hydroxyl groups excluding tert-OH is 1. The van der Waals surface area contributed by atoms with E-state index in [0.29, 0.717) is 42.7 Å². The Balaban J connectivity index is 1.40. The van der Waals surface area contributed by atoms with Gasteiger partial charge in [0.05, 0.1) is 36.8 Å². The van der Waals surface area contributed by atoms with E-state index < -0.39 is 17.7 Å². The van der Waals surface area contributed by atoms with Crippen molar-refractivity contribution >= 4 is 28.5 Å². The second kappa shape index (κ2) is 13.0. The van der Waals surface area contributed by atoms with Gasteiger partial charge in [0.2, 0.25) is 5.91 Å². The average molecular weight is 584 g/mol. The Morgan fingerprint density at radius 1 is 1.12 bits per heavy atom. The maximum absolute atomic E-state index is 13.9. The number of anilines is 1. The highest BCUT2D eigenvalue weighted by Gasteiger charge is 2.29. The molecule has 0 bridgehead atoms. The monoisotopic (exact) mass is 583 g/mol. The van der Waals surface area contributed by atoms with Gasteiger partial charge in [0.15, 0.2) is 0 Å². The number of aliphatic hydroxyl groups is 1. The number of nitrogens with one attached hydrogen (secondary N) is 2. The quantitative estimate of drug-likeness (QED) is 0.228. The molecule has 0 aliphatic carbocycles. The van der Waals surface area contributed by atoms with Gasteiger partial charge in [-0.25, -0.2) is 4.98 Å². The number of fused-ring (bicyclic) bond motifs is 1. The Hall–Kier alpha value is -4.21. The molecule has 1 fully saturated rings. The lowest BCUT2D eigenvalue weighted by molar-refractivity contribution is -0.117. The molecule has 9 heteroatoms. The highest BCUT2D eigenvalue weighted by atomic mass is 16.5. The van der Waals surface area contributed by atoms with Crippen LogP contribution in [0.1, 0.15) is 55.1 Å². The Labute approximate surface area is 252 Å². The zero-order valence-electron chi connectivity index (χ0n) is 25.3. The van der Waals surface area contributed by atoms with E-state index in [4.69, 9.17) is 4.74 Å². The van der Waals surface area contributed by atoms with Crippen molar-refractivity contribution in [3.63, 3.8) is 0 Å². The number of methoxy groups -OCH3 is 1. The van der Waals surface area contributed by atoms with Gasteiger partial charge in [-0.3, -0.25) is 9.59 Å². The summed E-state index contributed by atoms with van der Waals surface area (Å²) >= 11 is 0. The Kier molecular flexibility index (Phi) is 9.13. The lowest BCUT2D eigenvalue weighted by Gasteiger charge is -2.31. The zero-order valence-corrected chi connectivity index (χ0v) is 25.3. The van der Waals surface area contributed by atoms with Gasteiger partial charge in [-0.2, -0.15) is 0 Å². The van der Waals surface area contributed by atoms with Crippen LogP contribution in [0, 0.1) is 0 Å². The third-order valence-corrected chi connectivity index (χ3v) is 8.30. The van der Waals surface area contributed by atoms with Crippen LogP contribution >= 0.6 is 0 Å². The first-order chi connectivity index (χ1) is 20.7. The SMILES string of the molecule is CCn1cnc2c(N3CCCC3=O)cc(C(=O)N[C@@H](Cc3ccccc3)[C@@H](O)CNC(C)(C)c3cccc(OC)c3)cc21. The summed E-state index contributed by atoms with van der Waals surface area (Å²) in [5.74, 6) is 0.483. The molecule has 0 radical (unpaired) electrons. The van der Waals surface area contributed by atoms with Crippen molar-refractivity contribution in [3.8, 4) is 5.75 Å². The molecule has 1 saturated heterocycles. The van der Waals surface area contributed by atoms with Gasteiger partial charge < -0.3 is 29.9 Å². The van der Waals surface area contributed by atoms with Crippen molar-refractivity contribution in [2.75, 3.05) is 25.1 Å². The minimum Gasteiger partial charge on any atom is -0.497 e. The van der Waals surface area contributed by atoms with Crippen LogP contribution in [0.15, 0.2) is 73.1 Å². The van der Waals surface area contributed by atoms with Crippen LogP contribution in [0.5, 0.6) is 5.75 Å². The molecular weight excluding hydrogens is 542 g/mol. The minimum absolute atomic E-state index is 0.0343. The fourth-order valence-corrected chi connectivity index (χ4v) is 5.66. The molecule has 5 rings (SSSR count). The molecule has 9 nitrogen and oxygen atoms in total. The van der Waals surface area contributed by atoms with Crippen LogP contribution in [0.4, 0.5) is 5.69 Å². The van der Waals surface area contributed by atoms with Crippen LogP contribution in [-0.2, 0) is 23.3 Å². The lowest BCUT2D eigenvalue weighted by atomic mass is 9.93. The number of benzene rings is 3. The van der Waals surface area contributed by atoms with Crippen molar-refractivity contribution in [3.05, 3.63) is 89.7 Å². The highest BCUT2D eigenvalue weighted by Crippen LogP contribution is 2.31. The molecule has 1 aromatic heterocycles. The third-order valence-electron chi connectivity index (χ3n) is 8.30. The first-order valence-electron chi connectivity index (χ1n) is 14.9. The van der Waals surface area contributed by atoms with E-state index in [-0.39, 0.29) is 18.4 Å². The summed E-state index contributed by atoms with van der Waals surface area (Å²) in [5.41, 5.74) is 4.14. The van der Waals surface area contributed by atoms with Crippen LogP contribution < -0.4 is 20.3 Å². The number of aryl methyl sites for hydroxylation is 1. The number of amides is 2. The number of imidazole rings is 1. The van der Waals surface area contributed by atoms with E-state index in [9.17, 15) is 14.7 Å². The first kappa shape index (κ1) is 30.3. The van der Waals surface area contributed by atoms with Crippen LogP contribution in [-0.4, -0.2) is 58.8 Å². The number of rotatable bonds is 12. The molecule has 3 aromatic carbocycles. The Bertz CT molecular complexity index is 1580. The van der Waals surface area contributed by atoms with Crippen molar-refractivity contribution in [1.29, 1.82) is 0 Å². The summed E-state index contributed by atoms with van der Waals surface area (Å²) in [5, 5.41) is 18.1. The molecule has 0 saturated carbocycles. The van der Waals surface area contributed by atoms with Crippen LogP contribution in [0.2, 0.25) is 0 Å². The number of carbonyl (C=O) groups is 2. The van der Waals surface area contributed by atoms with Gasteiger partial charge in [0, 0.05) is 37.2 Å². The van der Waals surface area contributed by atoms with Crippen molar-refractivity contribution in [1.82, 2.24) is 20.2 Å². The number of nitrogens with zero attached hydrogens (tertiary/aromatic N) is 3. The number of carbonyl (C=O) groups excluding carboxylic acids is 2. The number of hydrogen-bond acceptors (Lipinski definition) is 6. The second-order valence-corrected chi connectivity index (χ2v) is 11.6. The van der Waals surface area contributed by atoms with Crippen LogP contribution in [0.3, 0.4) is 0 Å². The van der Waals surface area contributed by atoms with E-state index in [1.807, 2.05) is 86.0 Å². The second-order valence-electron chi connectivity index (χ2n) is 11.6. The summed E-state index contributed by atoms with van der Waals surface area (Å²) in [6, 6.07) is 20.6. The summed E-state index contributed by atoms with van der Waals surface area (Å²) in [7, 11) is 1.64. The van der Waals surface area contributed by atoms with Crippen LogP contribution in [0.25, 0.3) is 11.0 Å². The van der Waals surface area contributed by atoms with Crippen molar-refractivity contribution < 1.29 is 19.4 Å². The lowest BCUT2D eigenvalue weighted by Crippen LogP contribution is -2.51. The van der Waals surface area contributed by atoms with E-state index in [0.717, 1.165) is 28.8 Å². The fourth-order valence-electron chi connectivity index (χ4n) is 5.66. The van der Waals surface area contributed by atoms with Gasteiger partial charge in [-0.05, 0) is 69.0 Å². The number of aromatic nitrogens is 2. The molecule has 1 aliphatic rings. The molecule has 2 heterocycles. The summed E-state index contributed by atoms with van der Waals surface area (Å²) in [6.07, 6.45) is 2.56. The highest BCUT2D eigenvalue weighted by molar-refractivity contribution is 6.07.